The fourth-order valence-corrected chi connectivity index (χ4v) is 0.351. The molecule has 0 saturated carbocycles. The Morgan fingerprint density at radius 3 is 1.67 bits per heavy atom. The van der Waals surface area contributed by atoms with Gasteiger partial charge < -0.3 is 0 Å². The van der Waals surface area contributed by atoms with Gasteiger partial charge in [-0.25, -0.2) is 4.41 Å². The van der Waals surface area contributed by atoms with Crippen LogP contribution in [0.25, 0.3) is 0 Å². The molecule has 0 atom stereocenters. The molecule has 0 N–H and O–H groups in total. The molecule has 0 aliphatic heterocycles. The summed E-state index contributed by atoms with van der Waals surface area (Å²) in [5.41, 5.74) is -0.218. The predicted octanol–water partition coefficient (Wildman–Crippen LogP) is 3.10. The number of nitrogens with zero attached hydrogens (tertiary/aromatic N) is 3. The summed E-state index contributed by atoms with van der Waals surface area (Å²) < 4.78 is 1.57. The van der Waals surface area contributed by atoms with Gasteiger partial charge in [-0.1, -0.05) is 5.22 Å². The maximum atomic E-state index is 4.20. The van der Waals surface area contributed by atoms with Gasteiger partial charge in [-0.2, -0.15) is 5.11 Å². The largest absolute Gasteiger partial charge is 0.218 e. The van der Waals surface area contributed by atoms with Gasteiger partial charge >= 0.3 is 0 Å². The van der Waals surface area contributed by atoms with E-state index in [2.05, 4.69) is 23.2 Å². The van der Waals surface area contributed by atoms with Crippen LogP contribution < -0.4 is 0 Å². The Bertz CT molecular complexity index is 164. The molecule has 0 saturated heterocycles. The number of rotatable bonds is 1. The van der Waals surface area contributed by atoms with E-state index in [1.54, 1.807) is 4.41 Å². The van der Waals surface area contributed by atoms with Crippen molar-refractivity contribution in [1.82, 2.24) is 4.41 Å². The van der Waals surface area contributed by atoms with E-state index in [9.17, 15) is 0 Å². The highest BCUT2D eigenvalue weighted by Crippen LogP contribution is 2.18. The molecule has 12 heavy (non-hydrogen) atoms. The van der Waals surface area contributed by atoms with E-state index in [1.807, 2.05) is 41.5 Å². The number of thiol groups is 1. The topological polar surface area (TPSA) is 28.0 Å². The normalized spacial score (nSPS) is 13.9. The first kappa shape index (κ1) is 11.8. The first-order chi connectivity index (χ1) is 5.13. The van der Waals surface area contributed by atoms with Crippen LogP contribution in [-0.4, -0.2) is 15.5 Å². The van der Waals surface area contributed by atoms with Gasteiger partial charge in [0.15, 0.2) is 0 Å². The average molecular weight is 189 g/mol. The van der Waals surface area contributed by atoms with Crippen molar-refractivity contribution in [2.24, 2.45) is 10.3 Å². The summed E-state index contributed by atoms with van der Waals surface area (Å²) >= 11 is 4.20. The molecule has 0 bridgehead atoms. The third kappa shape index (κ3) is 5.41. The van der Waals surface area contributed by atoms with E-state index in [-0.39, 0.29) is 11.1 Å². The van der Waals surface area contributed by atoms with Crippen molar-refractivity contribution >= 4 is 12.8 Å². The molecule has 0 aromatic rings. The van der Waals surface area contributed by atoms with E-state index in [4.69, 9.17) is 0 Å². The van der Waals surface area contributed by atoms with E-state index in [1.165, 1.54) is 0 Å². The summed E-state index contributed by atoms with van der Waals surface area (Å²) in [4.78, 5) is 0. The zero-order valence-electron chi connectivity index (χ0n) is 8.79. The molecule has 4 heteroatoms. The minimum absolute atomic E-state index is 0.0855. The zero-order valence-corrected chi connectivity index (χ0v) is 9.68. The van der Waals surface area contributed by atoms with Gasteiger partial charge in [0.25, 0.3) is 0 Å². The molecule has 0 aromatic heterocycles. The van der Waals surface area contributed by atoms with Gasteiger partial charge in [0, 0.05) is 0 Å². The van der Waals surface area contributed by atoms with Crippen molar-refractivity contribution in [3.63, 3.8) is 0 Å². The molecule has 0 heterocycles. The van der Waals surface area contributed by atoms with E-state index in [0.717, 1.165) is 0 Å². The smallest absolute Gasteiger partial charge is 0.0753 e. The van der Waals surface area contributed by atoms with Crippen LogP contribution in [-0.2, 0) is 0 Å². The van der Waals surface area contributed by atoms with Gasteiger partial charge in [0.1, 0.15) is 0 Å². The molecule has 0 amide bonds. The Balaban J connectivity index is 4.19. The third-order valence-corrected chi connectivity index (χ3v) is 1.71. The third-order valence-electron chi connectivity index (χ3n) is 1.03. The summed E-state index contributed by atoms with van der Waals surface area (Å²) in [6.07, 6.45) is 0. The lowest BCUT2D eigenvalue weighted by atomic mass is 10.1. The lowest BCUT2D eigenvalue weighted by Gasteiger charge is -2.26. The van der Waals surface area contributed by atoms with Crippen LogP contribution in [0.1, 0.15) is 41.5 Å². The quantitative estimate of drug-likeness (QED) is 0.383. The monoisotopic (exact) mass is 189 g/mol. The molecular formula is C8H19N3S. The number of hydrogen-bond donors (Lipinski definition) is 1. The SMILES string of the molecule is CC(C)(C)/N=N\N(S)C(C)(C)C. The van der Waals surface area contributed by atoms with E-state index in [0.29, 0.717) is 0 Å². The minimum Gasteiger partial charge on any atom is -0.218 e. The maximum absolute atomic E-state index is 4.20. The van der Waals surface area contributed by atoms with Crippen LogP contribution in [0.15, 0.2) is 10.3 Å². The minimum atomic E-state index is -0.133. The second-order valence-electron chi connectivity index (χ2n) is 4.82. The summed E-state index contributed by atoms with van der Waals surface area (Å²) in [5.74, 6) is 0. The van der Waals surface area contributed by atoms with Crippen LogP contribution in [0, 0.1) is 0 Å². The van der Waals surface area contributed by atoms with Crippen LogP contribution in [0.5, 0.6) is 0 Å². The van der Waals surface area contributed by atoms with Crippen molar-refractivity contribution in [2.45, 2.75) is 52.6 Å². The Hall–Kier alpha value is -0.250. The van der Waals surface area contributed by atoms with Crippen molar-refractivity contribution < 1.29 is 0 Å². The van der Waals surface area contributed by atoms with E-state index < -0.39 is 0 Å². The highest BCUT2D eigenvalue weighted by atomic mass is 32.1. The molecule has 0 aromatic carbocycles. The van der Waals surface area contributed by atoms with Crippen molar-refractivity contribution in [2.75, 3.05) is 0 Å². The first-order valence-corrected chi connectivity index (χ1v) is 4.45. The standard InChI is InChI=1S/C8H19N3S/c1-7(2,3)9-10-11(12)8(4,5)6/h12H,1-6H3/b10-9-. The van der Waals surface area contributed by atoms with E-state index >= 15 is 0 Å². The predicted molar refractivity (Wildman–Crippen MR) is 55.2 cm³/mol. The number of hydrogen-bond acceptors (Lipinski definition) is 3. The summed E-state index contributed by atoms with van der Waals surface area (Å²) in [6.45, 7) is 12.1. The second-order valence-corrected chi connectivity index (χ2v) is 5.20. The van der Waals surface area contributed by atoms with Gasteiger partial charge in [-0.05, 0) is 54.4 Å². The van der Waals surface area contributed by atoms with Crippen LogP contribution in [0.3, 0.4) is 0 Å². The van der Waals surface area contributed by atoms with Crippen LogP contribution in [0.2, 0.25) is 0 Å². The fraction of sp³-hybridized carbons (Fsp3) is 1.00. The summed E-state index contributed by atoms with van der Waals surface area (Å²) in [6, 6.07) is 0. The van der Waals surface area contributed by atoms with Crippen molar-refractivity contribution in [3.8, 4) is 0 Å². The highest BCUT2D eigenvalue weighted by Gasteiger charge is 2.17. The summed E-state index contributed by atoms with van der Waals surface area (Å²) in [7, 11) is 0. The Labute approximate surface area is 80.8 Å². The maximum Gasteiger partial charge on any atom is 0.0753 e. The molecule has 72 valence electrons. The lowest BCUT2D eigenvalue weighted by Crippen LogP contribution is -2.29. The second kappa shape index (κ2) is 3.64. The van der Waals surface area contributed by atoms with Crippen molar-refractivity contribution in [3.05, 3.63) is 0 Å². The lowest BCUT2D eigenvalue weighted by molar-refractivity contribution is 0.261. The Morgan fingerprint density at radius 2 is 1.42 bits per heavy atom. The van der Waals surface area contributed by atoms with Crippen LogP contribution in [0.4, 0.5) is 0 Å². The molecular weight excluding hydrogens is 170 g/mol. The fourth-order valence-electron chi connectivity index (χ4n) is 0.311. The van der Waals surface area contributed by atoms with Gasteiger partial charge in [-0.3, -0.25) is 0 Å². The molecule has 3 nitrogen and oxygen atoms in total. The molecule has 0 rings (SSSR count). The average Bonchev–Trinajstić information content (AvgIpc) is 1.78. The van der Waals surface area contributed by atoms with Gasteiger partial charge in [0.2, 0.25) is 0 Å². The molecule has 0 unspecified atom stereocenters. The Kier molecular flexibility index (Phi) is 3.57. The van der Waals surface area contributed by atoms with Crippen LogP contribution >= 0.6 is 12.8 Å². The molecule has 0 spiro atoms. The Morgan fingerprint density at radius 1 is 1.00 bits per heavy atom. The summed E-state index contributed by atoms with van der Waals surface area (Å²) in [5, 5.41) is 8.09. The van der Waals surface area contributed by atoms with Gasteiger partial charge in [0.05, 0.1) is 11.1 Å². The zero-order chi connectivity index (χ0) is 9.99. The van der Waals surface area contributed by atoms with Gasteiger partial charge in [-0.15, -0.1) is 0 Å². The first-order valence-electron chi connectivity index (χ1n) is 4.05. The molecule has 0 aliphatic rings. The molecule has 0 fully saturated rings. The van der Waals surface area contributed by atoms with Crippen molar-refractivity contribution in [1.29, 1.82) is 0 Å². The highest BCUT2D eigenvalue weighted by molar-refractivity contribution is 7.77. The molecule has 0 aliphatic carbocycles. The molecule has 0 radical (unpaired) electrons.